The predicted molar refractivity (Wildman–Crippen MR) is 124 cm³/mol. The summed E-state index contributed by atoms with van der Waals surface area (Å²) in [6.45, 7) is 11.4. The molecule has 0 spiro atoms. The zero-order valence-electron chi connectivity index (χ0n) is 17.8. The first-order valence-electron chi connectivity index (χ1n) is 10.2. The normalized spacial score (nSPS) is 20.6. The maximum absolute atomic E-state index is 11.6. The first-order valence-corrected chi connectivity index (χ1v) is 13.9. The Hall–Kier alpha value is -1.51. The molecule has 2 aromatic rings. The Kier molecular flexibility index (Phi) is 6.36. The maximum atomic E-state index is 11.6. The van der Waals surface area contributed by atoms with E-state index in [1.807, 2.05) is 18.2 Å². The van der Waals surface area contributed by atoms with Crippen molar-refractivity contribution < 1.29 is 9.35 Å². The number of hydrogen-bond donors (Lipinski definition) is 1. The van der Waals surface area contributed by atoms with Gasteiger partial charge >= 0.3 is 5.69 Å². The quantitative estimate of drug-likeness (QED) is 0.295. The first kappa shape index (κ1) is 22.2. The van der Waals surface area contributed by atoms with Crippen LogP contribution in [0.2, 0.25) is 18.1 Å². The van der Waals surface area contributed by atoms with Crippen LogP contribution in [0, 0.1) is 10.1 Å². The van der Waals surface area contributed by atoms with E-state index in [0.29, 0.717) is 5.69 Å². The van der Waals surface area contributed by atoms with Crippen LogP contribution in [0.4, 0.5) is 11.4 Å². The third-order valence-corrected chi connectivity index (χ3v) is 11.5. The third kappa shape index (κ3) is 4.81. The smallest absolute Gasteiger partial charge is 0.311 e. The number of fused-ring (bicyclic) bond motifs is 1. The molecule has 1 N–H and O–H groups in total. The summed E-state index contributed by atoms with van der Waals surface area (Å²) in [4.78, 5) is 15.5. The molecule has 1 fully saturated rings. The molecule has 0 unspecified atom stereocenters. The maximum Gasteiger partial charge on any atom is 0.311 e. The minimum atomic E-state index is -1.78. The zero-order valence-corrected chi connectivity index (χ0v) is 20.4. The van der Waals surface area contributed by atoms with Crippen LogP contribution in [0.1, 0.15) is 46.5 Å². The molecule has 1 aromatic carbocycles. The van der Waals surface area contributed by atoms with Crippen LogP contribution in [0.25, 0.3) is 10.9 Å². The minimum Gasteiger partial charge on any atom is -0.414 e. The van der Waals surface area contributed by atoms with Gasteiger partial charge in [0.25, 0.3) is 0 Å². The van der Waals surface area contributed by atoms with Gasteiger partial charge in [-0.15, -0.1) is 0 Å². The second-order valence-electron chi connectivity index (χ2n) is 9.41. The Balaban J connectivity index is 1.76. The highest BCUT2D eigenvalue weighted by atomic mass is 79.9. The number of aromatic nitrogens is 1. The summed E-state index contributed by atoms with van der Waals surface area (Å²) in [5.74, 6) is 0. The fraction of sp³-hybridized carbons (Fsp3) is 0.571. The van der Waals surface area contributed by atoms with Gasteiger partial charge in [0, 0.05) is 22.0 Å². The monoisotopic (exact) mass is 479 g/mol. The van der Waals surface area contributed by atoms with Crippen LogP contribution in [-0.4, -0.2) is 30.4 Å². The molecule has 0 saturated heterocycles. The molecule has 1 heterocycles. The van der Waals surface area contributed by atoms with E-state index in [2.05, 4.69) is 60.1 Å². The minimum absolute atomic E-state index is 0.0176. The molecule has 0 aliphatic heterocycles. The van der Waals surface area contributed by atoms with Gasteiger partial charge in [0.2, 0.25) is 0 Å². The Morgan fingerprint density at radius 2 is 1.90 bits per heavy atom. The first-order chi connectivity index (χ1) is 13.5. The van der Waals surface area contributed by atoms with Gasteiger partial charge in [-0.2, -0.15) is 0 Å². The average Bonchev–Trinajstić information content (AvgIpc) is 2.62. The summed E-state index contributed by atoms with van der Waals surface area (Å²) in [7, 11) is -1.78. The Labute approximate surface area is 181 Å². The zero-order chi connectivity index (χ0) is 21.4. The molecule has 29 heavy (non-hydrogen) atoms. The summed E-state index contributed by atoms with van der Waals surface area (Å²) in [5.41, 5.74) is 1.31. The van der Waals surface area contributed by atoms with E-state index >= 15 is 0 Å². The largest absolute Gasteiger partial charge is 0.414 e. The van der Waals surface area contributed by atoms with E-state index in [9.17, 15) is 10.1 Å². The summed E-state index contributed by atoms with van der Waals surface area (Å²) >= 11 is 3.54. The SMILES string of the molecule is CC(C)(C)[Si](C)(C)OC1CCC(Nc2c([N+](=O)[O-])cnc3cccc(Br)c23)CC1. The number of benzene rings is 1. The van der Waals surface area contributed by atoms with Gasteiger partial charge < -0.3 is 9.74 Å². The van der Waals surface area contributed by atoms with Crippen molar-refractivity contribution in [3.63, 3.8) is 0 Å². The van der Waals surface area contributed by atoms with Gasteiger partial charge in [-0.3, -0.25) is 10.1 Å². The standard InChI is InChI=1S/C21H30BrN3O3Si/c1-21(2,3)29(4,5)28-15-11-9-14(10-12-15)24-20-18(25(26)27)13-23-17-8-6-7-16(22)19(17)20/h6-8,13-15H,9-12H2,1-5H3,(H,23,24). The molecule has 3 rings (SSSR count). The number of halogens is 1. The van der Waals surface area contributed by atoms with Crippen LogP contribution in [0.3, 0.4) is 0 Å². The lowest BCUT2D eigenvalue weighted by atomic mass is 9.93. The van der Waals surface area contributed by atoms with Crippen molar-refractivity contribution in [3.05, 3.63) is 39.0 Å². The molecule has 1 aliphatic rings. The fourth-order valence-electron chi connectivity index (χ4n) is 3.60. The van der Waals surface area contributed by atoms with E-state index in [-0.39, 0.29) is 27.8 Å². The van der Waals surface area contributed by atoms with Gasteiger partial charge in [-0.1, -0.05) is 42.8 Å². The van der Waals surface area contributed by atoms with E-state index < -0.39 is 8.32 Å². The van der Waals surface area contributed by atoms with Crippen LogP contribution in [0.15, 0.2) is 28.9 Å². The number of nitrogens with one attached hydrogen (secondary N) is 1. The fourth-order valence-corrected chi connectivity index (χ4v) is 5.57. The number of nitro groups is 1. The molecular formula is C21H30BrN3O3Si. The highest BCUT2D eigenvalue weighted by molar-refractivity contribution is 9.10. The highest BCUT2D eigenvalue weighted by Crippen LogP contribution is 2.41. The van der Waals surface area contributed by atoms with Crippen LogP contribution in [0.5, 0.6) is 0 Å². The molecular weight excluding hydrogens is 450 g/mol. The molecule has 6 nitrogen and oxygen atoms in total. The highest BCUT2D eigenvalue weighted by Gasteiger charge is 2.40. The van der Waals surface area contributed by atoms with Gasteiger partial charge in [-0.05, 0) is 55.9 Å². The second kappa shape index (κ2) is 8.32. The molecule has 0 atom stereocenters. The molecule has 0 bridgehead atoms. The number of hydrogen-bond acceptors (Lipinski definition) is 5. The van der Waals surface area contributed by atoms with E-state index in [1.54, 1.807) is 0 Å². The molecule has 0 radical (unpaired) electrons. The van der Waals surface area contributed by atoms with Crippen LogP contribution >= 0.6 is 15.9 Å². The van der Waals surface area contributed by atoms with Gasteiger partial charge in [0.15, 0.2) is 8.32 Å². The molecule has 8 heteroatoms. The number of pyridine rings is 1. The van der Waals surface area contributed by atoms with Crippen molar-refractivity contribution >= 4 is 46.5 Å². The Morgan fingerprint density at radius 3 is 2.48 bits per heavy atom. The van der Waals surface area contributed by atoms with Crippen molar-refractivity contribution in [3.8, 4) is 0 Å². The summed E-state index contributed by atoms with van der Waals surface area (Å²) in [5, 5.41) is 16.1. The molecule has 0 amide bonds. The summed E-state index contributed by atoms with van der Waals surface area (Å²) in [6.07, 6.45) is 5.45. The topological polar surface area (TPSA) is 77.3 Å². The van der Waals surface area contributed by atoms with Crippen LogP contribution in [-0.2, 0) is 4.43 Å². The van der Waals surface area contributed by atoms with Crippen molar-refractivity contribution in [2.75, 3.05) is 5.32 Å². The van der Waals surface area contributed by atoms with Crippen molar-refractivity contribution in [1.82, 2.24) is 4.98 Å². The van der Waals surface area contributed by atoms with Crippen molar-refractivity contribution in [2.45, 2.75) is 76.7 Å². The average molecular weight is 480 g/mol. The molecule has 1 aliphatic carbocycles. The number of rotatable bonds is 5. The lowest BCUT2D eigenvalue weighted by Gasteiger charge is -2.41. The van der Waals surface area contributed by atoms with Gasteiger partial charge in [-0.25, -0.2) is 4.98 Å². The van der Waals surface area contributed by atoms with Crippen LogP contribution < -0.4 is 5.32 Å². The summed E-state index contributed by atoms with van der Waals surface area (Å²) in [6, 6.07) is 5.84. The van der Waals surface area contributed by atoms with E-state index in [0.717, 1.165) is 41.1 Å². The van der Waals surface area contributed by atoms with Gasteiger partial charge in [0.1, 0.15) is 11.9 Å². The Bertz CT molecular complexity index is 906. The second-order valence-corrected chi connectivity index (χ2v) is 15.0. The predicted octanol–water partition coefficient (Wildman–Crippen LogP) is 6.65. The molecule has 1 aromatic heterocycles. The summed E-state index contributed by atoms with van der Waals surface area (Å²) < 4.78 is 7.39. The van der Waals surface area contributed by atoms with Crippen molar-refractivity contribution in [1.29, 1.82) is 0 Å². The van der Waals surface area contributed by atoms with Crippen molar-refractivity contribution in [2.24, 2.45) is 0 Å². The number of nitrogens with zero attached hydrogens (tertiary/aromatic N) is 2. The Morgan fingerprint density at radius 1 is 1.24 bits per heavy atom. The lowest BCUT2D eigenvalue weighted by Crippen LogP contribution is -2.45. The van der Waals surface area contributed by atoms with Gasteiger partial charge in [0.05, 0.1) is 10.4 Å². The number of anilines is 1. The molecule has 158 valence electrons. The lowest BCUT2D eigenvalue weighted by molar-refractivity contribution is -0.384. The third-order valence-electron chi connectivity index (χ3n) is 6.31. The van der Waals surface area contributed by atoms with E-state index in [1.165, 1.54) is 6.20 Å². The molecule has 1 saturated carbocycles. The van der Waals surface area contributed by atoms with E-state index in [4.69, 9.17) is 4.43 Å².